The van der Waals surface area contributed by atoms with Crippen LogP contribution in [0, 0.1) is 0 Å². The second-order valence-corrected chi connectivity index (χ2v) is 9.78. The van der Waals surface area contributed by atoms with Gasteiger partial charge in [0.1, 0.15) is 0 Å². The van der Waals surface area contributed by atoms with Gasteiger partial charge in [-0.1, -0.05) is 54.2 Å². The van der Waals surface area contributed by atoms with Crippen LogP contribution in [-0.2, 0) is 17.9 Å². The SMILES string of the molecule is C[C@H](Sc1nnc(-c2cccs2)n1Cc1ccccc1)C(=O)NCc1ccc2c(c1)OCO2. The number of rotatable bonds is 8. The number of thiophene rings is 1. The van der Waals surface area contributed by atoms with E-state index in [1.807, 2.05) is 60.8 Å². The zero-order valence-corrected chi connectivity index (χ0v) is 19.6. The summed E-state index contributed by atoms with van der Waals surface area (Å²) in [5, 5.41) is 14.3. The first-order valence-electron chi connectivity index (χ1n) is 10.5. The molecule has 0 spiro atoms. The van der Waals surface area contributed by atoms with Gasteiger partial charge in [0.2, 0.25) is 12.7 Å². The number of carbonyl (C=O) groups is 1. The van der Waals surface area contributed by atoms with Crippen molar-refractivity contribution < 1.29 is 14.3 Å². The van der Waals surface area contributed by atoms with Crippen molar-refractivity contribution >= 4 is 29.0 Å². The number of hydrogen-bond donors (Lipinski definition) is 1. The normalized spacial score (nSPS) is 13.1. The summed E-state index contributed by atoms with van der Waals surface area (Å²) < 4.78 is 12.8. The maximum absolute atomic E-state index is 12.8. The molecule has 0 fully saturated rings. The Hall–Kier alpha value is -3.30. The first kappa shape index (κ1) is 21.5. The minimum atomic E-state index is -0.339. The lowest BCUT2D eigenvalue weighted by atomic mass is 10.2. The number of thioether (sulfide) groups is 1. The molecule has 0 saturated heterocycles. The Morgan fingerprint density at radius 1 is 1.09 bits per heavy atom. The fraction of sp³-hybridized carbons (Fsp3) is 0.208. The van der Waals surface area contributed by atoms with Gasteiger partial charge in [-0.3, -0.25) is 9.36 Å². The highest BCUT2D eigenvalue weighted by Crippen LogP contribution is 2.33. The smallest absolute Gasteiger partial charge is 0.233 e. The van der Waals surface area contributed by atoms with E-state index >= 15 is 0 Å². The van der Waals surface area contributed by atoms with Crippen molar-refractivity contribution in [3.05, 3.63) is 77.2 Å². The van der Waals surface area contributed by atoms with Crippen LogP contribution in [0.2, 0.25) is 0 Å². The molecule has 0 aliphatic carbocycles. The number of aromatic nitrogens is 3. The summed E-state index contributed by atoms with van der Waals surface area (Å²) in [6, 6.07) is 19.9. The van der Waals surface area contributed by atoms with Crippen molar-refractivity contribution in [3.63, 3.8) is 0 Å². The summed E-state index contributed by atoms with van der Waals surface area (Å²) in [7, 11) is 0. The lowest BCUT2D eigenvalue weighted by Gasteiger charge is -2.14. The second-order valence-electron chi connectivity index (χ2n) is 7.52. The van der Waals surface area contributed by atoms with Crippen LogP contribution in [0.25, 0.3) is 10.7 Å². The fourth-order valence-corrected chi connectivity index (χ4v) is 5.06. The number of nitrogens with one attached hydrogen (secondary N) is 1. The van der Waals surface area contributed by atoms with Crippen LogP contribution in [0.5, 0.6) is 11.5 Å². The van der Waals surface area contributed by atoms with Crippen LogP contribution in [0.4, 0.5) is 0 Å². The molecule has 1 amide bonds. The molecule has 1 aliphatic heterocycles. The highest BCUT2D eigenvalue weighted by atomic mass is 32.2. The summed E-state index contributed by atoms with van der Waals surface area (Å²) in [6.45, 7) is 3.16. The maximum Gasteiger partial charge on any atom is 0.233 e. The molecule has 3 heterocycles. The quantitative estimate of drug-likeness (QED) is 0.374. The highest BCUT2D eigenvalue weighted by Gasteiger charge is 2.22. The molecule has 2 aromatic carbocycles. The number of benzene rings is 2. The predicted molar refractivity (Wildman–Crippen MR) is 129 cm³/mol. The van der Waals surface area contributed by atoms with Crippen LogP contribution in [-0.4, -0.2) is 32.7 Å². The van der Waals surface area contributed by atoms with E-state index in [4.69, 9.17) is 9.47 Å². The predicted octanol–water partition coefficient (Wildman–Crippen LogP) is 4.58. The van der Waals surface area contributed by atoms with E-state index in [1.165, 1.54) is 11.8 Å². The Morgan fingerprint density at radius 2 is 1.94 bits per heavy atom. The average molecular weight is 479 g/mol. The Kier molecular flexibility index (Phi) is 6.32. The highest BCUT2D eigenvalue weighted by molar-refractivity contribution is 8.00. The summed E-state index contributed by atoms with van der Waals surface area (Å²) in [5.74, 6) is 2.18. The molecule has 1 N–H and O–H groups in total. The summed E-state index contributed by atoms with van der Waals surface area (Å²) in [4.78, 5) is 13.9. The van der Waals surface area contributed by atoms with Gasteiger partial charge in [0, 0.05) is 6.54 Å². The zero-order valence-electron chi connectivity index (χ0n) is 17.9. The average Bonchev–Trinajstić information content (AvgIpc) is 3.59. The number of hydrogen-bond acceptors (Lipinski definition) is 7. The van der Waals surface area contributed by atoms with E-state index in [2.05, 4.69) is 32.2 Å². The molecule has 0 radical (unpaired) electrons. The Balaban J connectivity index is 1.29. The standard InChI is InChI=1S/C24H22N4O3S2/c1-16(23(29)25-13-18-9-10-19-20(12-18)31-15-30-19)33-24-27-26-22(21-8-5-11-32-21)28(24)14-17-6-3-2-4-7-17/h2-12,16H,13-15H2,1H3,(H,25,29)/t16-/m0/s1. The van der Waals surface area contributed by atoms with Gasteiger partial charge in [-0.05, 0) is 41.6 Å². The molecular weight excluding hydrogens is 456 g/mol. The van der Waals surface area contributed by atoms with E-state index < -0.39 is 0 Å². The van der Waals surface area contributed by atoms with Gasteiger partial charge < -0.3 is 14.8 Å². The first-order valence-corrected chi connectivity index (χ1v) is 12.3. The third-order valence-electron chi connectivity index (χ3n) is 5.20. The van der Waals surface area contributed by atoms with E-state index in [9.17, 15) is 4.79 Å². The summed E-state index contributed by atoms with van der Waals surface area (Å²) >= 11 is 3.03. The Labute approximate surface area is 199 Å². The van der Waals surface area contributed by atoms with Crippen LogP contribution >= 0.6 is 23.1 Å². The van der Waals surface area contributed by atoms with Crippen LogP contribution in [0.15, 0.2) is 71.2 Å². The third kappa shape index (κ3) is 4.89. The van der Waals surface area contributed by atoms with Gasteiger partial charge >= 0.3 is 0 Å². The van der Waals surface area contributed by atoms with Crippen LogP contribution < -0.4 is 14.8 Å². The number of amides is 1. The van der Waals surface area contributed by atoms with Gasteiger partial charge in [0.25, 0.3) is 0 Å². The molecule has 0 saturated carbocycles. The molecule has 0 unspecified atom stereocenters. The fourth-order valence-electron chi connectivity index (χ4n) is 3.47. The summed E-state index contributed by atoms with van der Waals surface area (Å²) in [6.07, 6.45) is 0. The molecule has 7 nitrogen and oxygen atoms in total. The lowest BCUT2D eigenvalue weighted by molar-refractivity contribution is -0.120. The van der Waals surface area contributed by atoms with Gasteiger partial charge in [0.05, 0.1) is 16.7 Å². The van der Waals surface area contributed by atoms with Crippen molar-refractivity contribution in [1.29, 1.82) is 0 Å². The lowest BCUT2D eigenvalue weighted by Crippen LogP contribution is -2.30. The third-order valence-corrected chi connectivity index (χ3v) is 7.14. The van der Waals surface area contributed by atoms with Gasteiger partial charge in [0.15, 0.2) is 22.5 Å². The van der Waals surface area contributed by atoms with Crippen LogP contribution in [0.1, 0.15) is 18.1 Å². The second kappa shape index (κ2) is 9.68. The Morgan fingerprint density at radius 3 is 2.76 bits per heavy atom. The van der Waals surface area contributed by atoms with E-state index in [-0.39, 0.29) is 18.0 Å². The summed E-state index contributed by atoms with van der Waals surface area (Å²) in [5.41, 5.74) is 2.11. The topological polar surface area (TPSA) is 78.3 Å². The van der Waals surface area contributed by atoms with E-state index in [0.717, 1.165) is 27.6 Å². The number of ether oxygens (including phenoxy) is 2. The van der Waals surface area contributed by atoms with Crippen molar-refractivity contribution in [2.75, 3.05) is 6.79 Å². The van der Waals surface area contributed by atoms with E-state index in [0.29, 0.717) is 24.0 Å². The first-order chi connectivity index (χ1) is 16.2. The van der Waals surface area contributed by atoms with Crippen molar-refractivity contribution in [1.82, 2.24) is 20.1 Å². The molecule has 168 valence electrons. The molecule has 33 heavy (non-hydrogen) atoms. The molecule has 0 bridgehead atoms. The molecular formula is C24H22N4O3S2. The molecule has 9 heteroatoms. The largest absolute Gasteiger partial charge is 0.454 e. The minimum absolute atomic E-state index is 0.0652. The molecule has 1 aliphatic rings. The van der Waals surface area contributed by atoms with Crippen molar-refractivity contribution in [2.24, 2.45) is 0 Å². The molecule has 4 aromatic rings. The number of fused-ring (bicyclic) bond motifs is 1. The number of nitrogens with zero attached hydrogens (tertiary/aromatic N) is 3. The Bertz CT molecular complexity index is 1240. The van der Waals surface area contributed by atoms with Crippen molar-refractivity contribution in [2.45, 2.75) is 30.4 Å². The minimum Gasteiger partial charge on any atom is -0.454 e. The molecule has 1 atom stereocenters. The maximum atomic E-state index is 12.8. The van der Waals surface area contributed by atoms with E-state index in [1.54, 1.807) is 11.3 Å². The van der Waals surface area contributed by atoms with Gasteiger partial charge in [-0.25, -0.2) is 0 Å². The molecule has 2 aromatic heterocycles. The molecule has 5 rings (SSSR count). The number of carbonyl (C=O) groups excluding carboxylic acids is 1. The monoisotopic (exact) mass is 478 g/mol. The van der Waals surface area contributed by atoms with Crippen LogP contribution in [0.3, 0.4) is 0 Å². The van der Waals surface area contributed by atoms with Crippen molar-refractivity contribution in [3.8, 4) is 22.2 Å². The zero-order chi connectivity index (χ0) is 22.6. The van der Waals surface area contributed by atoms with Gasteiger partial charge in [-0.2, -0.15) is 0 Å². The van der Waals surface area contributed by atoms with Gasteiger partial charge in [-0.15, -0.1) is 21.5 Å².